The number of rotatable bonds is 4. The van der Waals surface area contributed by atoms with Gasteiger partial charge >= 0.3 is 0 Å². The molecule has 1 fully saturated rings. The summed E-state index contributed by atoms with van der Waals surface area (Å²) in [4.78, 5) is 37.9. The monoisotopic (exact) mass is 373 g/mol. The summed E-state index contributed by atoms with van der Waals surface area (Å²) < 4.78 is 0. The third-order valence-corrected chi connectivity index (χ3v) is 4.66. The van der Waals surface area contributed by atoms with Crippen molar-refractivity contribution in [2.75, 3.05) is 15.5 Å². The Labute approximate surface area is 162 Å². The molecular weight excluding hydrogens is 354 g/mol. The molecular formula is C22H19N3O3. The summed E-state index contributed by atoms with van der Waals surface area (Å²) in [5, 5.41) is 7.83. The molecule has 140 valence electrons. The SMILES string of the molecule is CC(=O)Nc1cccc(N[C@@H]2CC(=O)N(c3ccc4ccccc4c3)C2=O)c1. The second kappa shape index (κ2) is 7.15. The van der Waals surface area contributed by atoms with Gasteiger partial charge in [0.15, 0.2) is 0 Å². The van der Waals surface area contributed by atoms with E-state index in [1.54, 1.807) is 30.3 Å². The Bertz CT molecular complexity index is 1090. The smallest absolute Gasteiger partial charge is 0.256 e. The highest BCUT2D eigenvalue weighted by Gasteiger charge is 2.39. The van der Waals surface area contributed by atoms with Crippen molar-refractivity contribution in [2.24, 2.45) is 0 Å². The van der Waals surface area contributed by atoms with Crippen LogP contribution in [0.2, 0.25) is 0 Å². The molecule has 1 heterocycles. The second-order valence-electron chi connectivity index (χ2n) is 6.76. The maximum atomic E-state index is 12.9. The second-order valence-corrected chi connectivity index (χ2v) is 6.76. The van der Waals surface area contributed by atoms with Gasteiger partial charge in [-0.25, -0.2) is 4.90 Å². The molecule has 0 aromatic heterocycles. The van der Waals surface area contributed by atoms with E-state index in [9.17, 15) is 14.4 Å². The van der Waals surface area contributed by atoms with Crippen LogP contribution in [0, 0.1) is 0 Å². The first-order valence-corrected chi connectivity index (χ1v) is 9.01. The molecule has 6 nitrogen and oxygen atoms in total. The molecule has 1 atom stereocenters. The summed E-state index contributed by atoms with van der Waals surface area (Å²) in [5.41, 5.74) is 1.86. The lowest BCUT2D eigenvalue weighted by molar-refractivity contribution is -0.121. The molecule has 0 radical (unpaired) electrons. The number of nitrogens with zero attached hydrogens (tertiary/aromatic N) is 1. The molecule has 1 aliphatic heterocycles. The fraction of sp³-hybridized carbons (Fsp3) is 0.136. The van der Waals surface area contributed by atoms with Crippen molar-refractivity contribution in [1.29, 1.82) is 0 Å². The van der Waals surface area contributed by atoms with Crippen molar-refractivity contribution in [3.05, 3.63) is 66.7 Å². The number of hydrogen-bond donors (Lipinski definition) is 2. The molecule has 1 saturated heterocycles. The van der Waals surface area contributed by atoms with E-state index in [4.69, 9.17) is 0 Å². The van der Waals surface area contributed by atoms with Gasteiger partial charge in [0.2, 0.25) is 11.8 Å². The Morgan fingerprint density at radius 3 is 2.46 bits per heavy atom. The Morgan fingerprint density at radius 1 is 0.929 bits per heavy atom. The zero-order valence-corrected chi connectivity index (χ0v) is 15.3. The van der Waals surface area contributed by atoms with E-state index in [0.717, 1.165) is 10.8 Å². The zero-order chi connectivity index (χ0) is 19.7. The predicted octanol–water partition coefficient (Wildman–Crippen LogP) is 3.54. The number of amides is 3. The molecule has 1 aliphatic rings. The highest BCUT2D eigenvalue weighted by atomic mass is 16.2. The van der Waals surface area contributed by atoms with Crippen LogP contribution in [0.25, 0.3) is 10.8 Å². The quantitative estimate of drug-likeness (QED) is 0.686. The van der Waals surface area contributed by atoms with E-state index in [-0.39, 0.29) is 24.1 Å². The fourth-order valence-electron chi connectivity index (χ4n) is 3.42. The lowest BCUT2D eigenvalue weighted by Crippen LogP contribution is -2.34. The molecule has 6 heteroatoms. The van der Waals surface area contributed by atoms with Crippen molar-refractivity contribution in [3.8, 4) is 0 Å². The Hall–Kier alpha value is -3.67. The summed E-state index contributed by atoms with van der Waals surface area (Å²) in [6, 6.07) is 19.8. The van der Waals surface area contributed by atoms with E-state index >= 15 is 0 Å². The van der Waals surface area contributed by atoms with Crippen LogP contribution in [0.15, 0.2) is 66.7 Å². The lowest BCUT2D eigenvalue weighted by atomic mass is 10.1. The minimum absolute atomic E-state index is 0.0794. The van der Waals surface area contributed by atoms with Crippen molar-refractivity contribution < 1.29 is 14.4 Å². The summed E-state index contributed by atoms with van der Waals surface area (Å²) in [6.07, 6.45) is 0.0794. The fourth-order valence-corrected chi connectivity index (χ4v) is 3.42. The number of hydrogen-bond acceptors (Lipinski definition) is 4. The molecule has 0 aliphatic carbocycles. The van der Waals surface area contributed by atoms with Gasteiger partial charge in [0, 0.05) is 18.3 Å². The van der Waals surface area contributed by atoms with Gasteiger partial charge in [-0.05, 0) is 41.1 Å². The maximum Gasteiger partial charge on any atom is 0.256 e. The summed E-state index contributed by atoms with van der Waals surface area (Å²) in [5.74, 6) is -0.701. The summed E-state index contributed by atoms with van der Waals surface area (Å²) in [7, 11) is 0. The van der Waals surface area contributed by atoms with Crippen LogP contribution in [-0.2, 0) is 14.4 Å². The topological polar surface area (TPSA) is 78.5 Å². The van der Waals surface area contributed by atoms with Gasteiger partial charge in [-0.1, -0.05) is 36.4 Å². The van der Waals surface area contributed by atoms with E-state index < -0.39 is 6.04 Å². The van der Waals surface area contributed by atoms with Crippen LogP contribution in [0.3, 0.4) is 0 Å². The molecule has 28 heavy (non-hydrogen) atoms. The number of fused-ring (bicyclic) bond motifs is 1. The average molecular weight is 373 g/mol. The average Bonchev–Trinajstić information content (AvgIpc) is 2.94. The number of carbonyl (C=O) groups excluding carboxylic acids is 3. The van der Waals surface area contributed by atoms with E-state index in [1.165, 1.54) is 11.8 Å². The van der Waals surface area contributed by atoms with E-state index in [1.807, 2.05) is 36.4 Å². The number of nitrogens with one attached hydrogen (secondary N) is 2. The van der Waals surface area contributed by atoms with Gasteiger partial charge < -0.3 is 10.6 Å². The Kier molecular flexibility index (Phi) is 4.53. The molecule has 0 spiro atoms. The van der Waals surface area contributed by atoms with Crippen LogP contribution in [-0.4, -0.2) is 23.8 Å². The largest absolute Gasteiger partial charge is 0.373 e. The molecule has 2 N–H and O–H groups in total. The van der Waals surface area contributed by atoms with Gasteiger partial charge in [0.25, 0.3) is 5.91 Å². The van der Waals surface area contributed by atoms with Crippen molar-refractivity contribution in [3.63, 3.8) is 0 Å². The standard InChI is InChI=1S/C22H19N3O3/c1-14(26)23-17-7-4-8-18(12-17)24-20-13-21(27)25(22(20)28)19-10-9-15-5-2-3-6-16(15)11-19/h2-12,20,24H,13H2,1H3,(H,23,26)/t20-/m1/s1. The molecule has 3 aromatic rings. The van der Waals surface area contributed by atoms with Crippen molar-refractivity contribution >= 4 is 45.6 Å². The number of imide groups is 1. The first-order valence-electron chi connectivity index (χ1n) is 9.01. The highest BCUT2D eigenvalue weighted by Crippen LogP contribution is 2.28. The number of benzene rings is 3. The third-order valence-electron chi connectivity index (χ3n) is 4.66. The molecule has 4 rings (SSSR count). The first kappa shape index (κ1) is 17.7. The number of anilines is 3. The molecule has 3 amide bonds. The molecule has 0 bridgehead atoms. The molecule has 3 aromatic carbocycles. The van der Waals surface area contributed by atoms with Gasteiger partial charge in [-0.2, -0.15) is 0 Å². The Balaban J connectivity index is 1.56. The highest BCUT2D eigenvalue weighted by molar-refractivity contribution is 6.23. The van der Waals surface area contributed by atoms with Crippen molar-refractivity contribution in [1.82, 2.24) is 0 Å². The predicted molar refractivity (Wildman–Crippen MR) is 109 cm³/mol. The van der Waals surface area contributed by atoms with Gasteiger partial charge in [0.05, 0.1) is 12.1 Å². The lowest BCUT2D eigenvalue weighted by Gasteiger charge is -2.17. The van der Waals surface area contributed by atoms with E-state index in [2.05, 4.69) is 10.6 Å². The van der Waals surface area contributed by atoms with Gasteiger partial charge in [-0.3, -0.25) is 14.4 Å². The molecule has 0 saturated carbocycles. The summed E-state index contributed by atoms with van der Waals surface area (Å²) in [6.45, 7) is 1.43. The minimum atomic E-state index is -0.647. The van der Waals surface area contributed by atoms with Gasteiger partial charge in [-0.15, -0.1) is 0 Å². The van der Waals surface area contributed by atoms with Crippen molar-refractivity contribution in [2.45, 2.75) is 19.4 Å². The molecule has 0 unspecified atom stereocenters. The van der Waals surface area contributed by atoms with Gasteiger partial charge in [0.1, 0.15) is 6.04 Å². The van der Waals surface area contributed by atoms with E-state index in [0.29, 0.717) is 17.1 Å². The first-order chi connectivity index (χ1) is 13.5. The number of carbonyl (C=O) groups is 3. The summed E-state index contributed by atoms with van der Waals surface area (Å²) >= 11 is 0. The third kappa shape index (κ3) is 3.44. The van der Waals surface area contributed by atoms with Crippen LogP contribution < -0.4 is 15.5 Å². The Morgan fingerprint density at radius 2 is 1.68 bits per heavy atom. The minimum Gasteiger partial charge on any atom is -0.373 e. The maximum absolute atomic E-state index is 12.9. The zero-order valence-electron chi connectivity index (χ0n) is 15.3. The van der Waals surface area contributed by atoms with Crippen LogP contribution in [0.5, 0.6) is 0 Å². The van der Waals surface area contributed by atoms with Crippen LogP contribution in [0.4, 0.5) is 17.1 Å². The normalized spacial score (nSPS) is 16.5. The van der Waals surface area contributed by atoms with Crippen LogP contribution >= 0.6 is 0 Å². The van der Waals surface area contributed by atoms with Crippen LogP contribution in [0.1, 0.15) is 13.3 Å².